The first-order valence-corrected chi connectivity index (χ1v) is 8.77. The highest BCUT2D eigenvalue weighted by atomic mass is 16.2. The number of benzene rings is 2. The first-order valence-electron chi connectivity index (χ1n) is 8.77. The van der Waals surface area contributed by atoms with Gasteiger partial charge < -0.3 is 5.32 Å². The molecule has 0 fully saturated rings. The molecule has 1 amide bonds. The first-order chi connectivity index (χ1) is 13.0. The number of aromatic nitrogens is 1. The van der Waals surface area contributed by atoms with Crippen LogP contribution in [0.3, 0.4) is 0 Å². The summed E-state index contributed by atoms with van der Waals surface area (Å²) in [4.78, 5) is 30.9. The average molecular weight is 357 g/mol. The SMILES string of the molecule is CC(=O)c1cccc(N[C@H]2c3ccccc3C(=O)N2c2ccc(C)cn2)c1. The highest BCUT2D eigenvalue weighted by molar-refractivity contribution is 6.11. The number of anilines is 2. The minimum atomic E-state index is -0.397. The maximum atomic E-state index is 13.0. The molecule has 27 heavy (non-hydrogen) atoms. The summed E-state index contributed by atoms with van der Waals surface area (Å²) in [5.41, 5.74) is 3.96. The molecule has 4 rings (SSSR count). The van der Waals surface area contributed by atoms with Crippen LogP contribution < -0.4 is 10.2 Å². The second-order valence-electron chi connectivity index (χ2n) is 6.64. The number of rotatable bonds is 4. The molecule has 2 heterocycles. The van der Waals surface area contributed by atoms with Crippen LogP contribution in [-0.4, -0.2) is 16.7 Å². The fourth-order valence-electron chi connectivity index (χ4n) is 3.28. The Morgan fingerprint density at radius 3 is 2.63 bits per heavy atom. The van der Waals surface area contributed by atoms with Gasteiger partial charge in [0.15, 0.2) is 5.78 Å². The summed E-state index contributed by atoms with van der Waals surface area (Å²) in [6.07, 6.45) is 1.35. The Hall–Kier alpha value is -3.47. The van der Waals surface area contributed by atoms with Crippen molar-refractivity contribution in [1.29, 1.82) is 0 Å². The number of fused-ring (bicyclic) bond motifs is 1. The molecule has 0 saturated heterocycles. The van der Waals surface area contributed by atoms with Crippen LogP contribution in [-0.2, 0) is 0 Å². The molecule has 0 aliphatic carbocycles. The van der Waals surface area contributed by atoms with Crippen LogP contribution in [0, 0.1) is 6.92 Å². The van der Waals surface area contributed by atoms with E-state index in [1.54, 1.807) is 23.2 Å². The largest absolute Gasteiger partial charge is 0.361 e. The van der Waals surface area contributed by atoms with E-state index in [1.165, 1.54) is 6.92 Å². The lowest BCUT2D eigenvalue weighted by Crippen LogP contribution is -2.33. The van der Waals surface area contributed by atoms with Crippen molar-refractivity contribution in [3.05, 3.63) is 89.1 Å². The molecule has 0 bridgehead atoms. The molecule has 1 aliphatic heterocycles. The van der Waals surface area contributed by atoms with Gasteiger partial charge in [0.2, 0.25) is 0 Å². The van der Waals surface area contributed by atoms with Crippen LogP contribution in [0.5, 0.6) is 0 Å². The lowest BCUT2D eigenvalue weighted by atomic mass is 10.1. The van der Waals surface area contributed by atoms with Gasteiger partial charge >= 0.3 is 0 Å². The molecule has 1 atom stereocenters. The van der Waals surface area contributed by atoms with Crippen molar-refractivity contribution >= 4 is 23.2 Å². The summed E-state index contributed by atoms with van der Waals surface area (Å²) in [5, 5.41) is 3.40. The van der Waals surface area contributed by atoms with E-state index in [2.05, 4.69) is 10.3 Å². The molecule has 3 aromatic rings. The number of hydrogen-bond donors (Lipinski definition) is 1. The molecular formula is C22H19N3O2. The molecule has 134 valence electrons. The van der Waals surface area contributed by atoms with E-state index in [0.717, 1.165) is 16.8 Å². The molecule has 1 aromatic heterocycles. The molecule has 5 nitrogen and oxygen atoms in total. The number of nitrogens with zero attached hydrogens (tertiary/aromatic N) is 2. The molecule has 2 aromatic carbocycles. The number of hydrogen-bond acceptors (Lipinski definition) is 4. The van der Waals surface area contributed by atoms with Gasteiger partial charge in [-0.15, -0.1) is 0 Å². The van der Waals surface area contributed by atoms with Gasteiger partial charge in [-0.05, 0) is 43.7 Å². The third kappa shape index (κ3) is 3.08. The third-order valence-corrected chi connectivity index (χ3v) is 4.68. The van der Waals surface area contributed by atoms with E-state index < -0.39 is 6.17 Å². The third-order valence-electron chi connectivity index (χ3n) is 4.68. The van der Waals surface area contributed by atoms with Crippen LogP contribution in [0.15, 0.2) is 66.9 Å². The van der Waals surface area contributed by atoms with Crippen LogP contribution in [0.2, 0.25) is 0 Å². The lowest BCUT2D eigenvalue weighted by molar-refractivity contribution is 0.0989. The topological polar surface area (TPSA) is 62.3 Å². The zero-order chi connectivity index (χ0) is 19.0. The van der Waals surface area contributed by atoms with Crippen molar-refractivity contribution in [2.24, 2.45) is 0 Å². The fraction of sp³-hybridized carbons (Fsp3) is 0.136. The quantitative estimate of drug-likeness (QED) is 0.705. The van der Waals surface area contributed by atoms with Gasteiger partial charge in [0.25, 0.3) is 5.91 Å². The van der Waals surface area contributed by atoms with E-state index in [4.69, 9.17) is 0 Å². The molecule has 0 saturated carbocycles. The molecule has 1 N–H and O–H groups in total. The smallest absolute Gasteiger partial charge is 0.261 e. The minimum Gasteiger partial charge on any atom is -0.361 e. The van der Waals surface area contributed by atoms with Crippen LogP contribution in [0.25, 0.3) is 0 Å². The van der Waals surface area contributed by atoms with Crippen molar-refractivity contribution in [3.63, 3.8) is 0 Å². The summed E-state index contributed by atoms with van der Waals surface area (Å²) in [5.74, 6) is 0.489. The van der Waals surface area contributed by atoms with E-state index in [9.17, 15) is 9.59 Å². The summed E-state index contributed by atoms with van der Waals surface area (Å²) in [6, 6.07) is 18.6. The highest BCUT2D eigenvalue weighted by Crippen LogP contribution is 2.37. The second kappa shape index (κ2) is 6.68. The summed E-state index contributed by atoms with van der Waals surface area (Å²) < 4.78 is 0. The lowest BCUT2D eigenvalue weighted by Gasteiger charge is -2.26. The zero-order valence-electron chi connectivity index (χ0n) is 15.1. The Kier molecular flexibility index (Phi) is 4.20. The van der Waals surface area contributed by atoms with Crippen molar-refractivity contribution in [1.82, 2.24) is 4.98 Å². The van der Waals surface area contributed by atoms with Gasteiger partial charge in [0.1, 0.15) is 12.0 Å². The molecule has 1 aliphatic rings. The predicted molar refractivity (Wildman–Crippen MR) is 105 cm³/mol. The van der Waals surface area contributed by atoms with Crippen molar-refractivity contribution in [2.75, 3.05) is 10.2 Å². The normalized spacial score (nSPS) is 15.6. The molecule has 0 spiro atoms. The Balaban J connectivity index is 1.77. The Morgan fingerprint density at radius 1 is 1.07 bits per heavy atom. The number of ketones is 1. The predicted octanol–water partition coefficient (Wildman–Crippen LogP) is 4.36. The van der Waals surface area contributed by atoms with Crippen LogP contribution in [0.1, 0.15) is 44.9 Å². The van der Waals surface area contributed by atoms with Crippen molar-refractivity contribution in [3.8, 4) is 0 Å². The van der Waals surface area contributed by atoms with E-state index in [1.807, 2.05) is 55.5 Å². The van der Waals surface area contributed by atoms with E-state index >= 15 is 0 Å². The van der Waals surface area contributed by atoms with Gasteiger partial charge in [-0.1, -0.05) is 36.4 Å². The zero-order valence-corrected chi connectivity index (χ0v) is 15.1. The Bertz CT molecular complexity index is 1030. The number of pyridine rings is 1. The van der Waals surface area contributed by atoms with Gasteiger partial charge in [-0.3, -0.25) is 14.5 Å². The number of carbonyl (C=O) groups is 2. The van der Waals surface area contributed by atoms with Gasteiger partial charge in [-0.2, -0.15) is 0 Å². The maximum absolute atomic E-state index is 13.0. The number of Topliss-reactive ketones (excluding diaryl/α,β-unsaturated/α-hetero) is 1. The summed E-state index contributed by atoms with van der Waals surface area (Å²) in [7, 11) is 0. The fourth-order valence-corrected chi connectivity index (χ4v) is 3.28. The van der Waals surface area contributed by atoms with E-state index in [-0.39, 0.29) is 11.7 Å². The van der Waals surface area contributed by atoms with E-state index in [0.29, 0.717) is 16.9 Å². The standard InChI is InChI=1S/C22H19N3O2/c1-14-10-11-20(23-13-14)25-21(18-8-3-4-9-19(18)22(25)27)24-17-7-5-6-16(12-17)15(2)26/h3-13,21,24H,1-2H3/t21-/m1/s1. The second-order valence-corrected chi connectivity index (χ2v) is 6.64. The summed E-state index contributed by atoms with van der Waals surface area (Å²) >= 11 is 0. The Morgan fingerprint density at radius 2 is 1.89 bits per heavy atom. The highest BCUT2D eigenvalue weighted by Gasteiger charge is 2.38. The molecule has 0 radical (unpaired) electrons. The summed E-state index contributed by atoms with van der Waals surface area (Å²) in [6.45, 7) is 3.50. The average Bonchev–Trinajstić information content (AvgIpc) is 2.95. The minimum absolute atomic E-state index is 0.00129. The van der Waals surface area contributed by atoms with Crippen LogP contribution in [0.4, 0.5) is 11.5 Å². The monoisotopic (exact) mass is 357 g/mol. The van der Waals surface area contributed by atoms with Crippen molar-refractivity contribution < 1.29 is 9.59 Å². The van der Waals surface area contributed by atoms with Crippen LogP contribution >= 0.6 is 0 Å². The molecular weight excluding hydrogens is 338 g/mol. The van der Waals surface area contributed by atoms with Gasteiger partial charge in [0.05, 0.1) is 0 Å². The molecule has 5 heteroatoms. The number of nitrogens with one attached hydrogen (secondary N) is 1. The first kappa shape index (κ1) is 17.0. The molecule has 0 unspecified atom stereocenters. The van der Waals surface area contributed by atoms with Gasteiger partial charge in [-0.25, -0.2) is 4.98 Å². The number of carbonyl (C=O) groups excluding carboxylic acids is 2. The Labute approximate surface area is 157 Å². The van der Waals surface area contributed by atoms with Crippen molar-refractivity contribution in [2.45, 2.75) is 20.0 Å². The number of amides is 1. The maximum Gasteiger partial charge on any atom is 0.261 e. The number of aryl methyl sites for hydroxylation is 1. The van der Waals surface area contributed by atoms with Gasteiger partial charge in [0, 0.05) is 28.6 Å².